The van der Waals surface area contributed by atoms with Gasteiger partial charge in [0.05, 0.1) is 6.10 Å². The number of aliphatic hydroxyl groups excluding tert-OH is 1. The summed E-state index contributed by atoms with van der Waals surface area (Å²) in [5, 5.41) is 8.47. The minimum atomic E-state index is -0.234. The number of hydrogen-bond acceptors (Lipinski definition) is 1. The second-order valence-corrected chi connectivity index (χ2v) is 1.70. The van der Waals surface area contributed by atoms with Crippen LogP contribution in [-0.2, 0) is 0 Å². The van der Waals surface area contributed by atoms with Crippen molar-refractivity contribution in [1.82, 2.24) is 0 Å². The second kappa shape index (κ2) is 3.44. The molecule has 0 aromatic heterocycles. The lowest BCUT2D eigenvalue weighted by atomic mass is 10.3. The zero-order valence-electron chi connectivity index (χ0n) is 3.82. The standard InChI is InChI=1S/C4H9ClO/c1-4(6)2-3-5/h4,6H,2-3H2,1H3/t4-/m1/s1. The Morgan fingerprint density at radius 1 is 1.83 bits per heavy atom. The largest absolute Gasteiger partial charge is 0.393 e. The van der Waals surface area contributed by atoms with Gasteiger partial charge < -0.3 is 5.11 Å². The van der Waals surface area contributed by atoms with E-state index >= 15 is 0 Å². The van der Waals surface area contributed by atoms with Crippen molar-refractivity contribution in [3.05, 3.63) is 0 Å². The number of rotatable bonds is 2. The molecule has 0 saturated carbocycles. The maximum atomic E-state index is 8.47. The van der Waals surface area contributed by atoms with Gasteiger partial charge in [0.25, 0.3) is 0 Å². The van der Waals surface area contributed by atoms with Crippen LogP contribution >= 0.6 is 11.6 Å². The Bertz CT molecular complexity index is 28.7. The molecule has 0 fully saturated rings. The summed E-state index contributed by atoms with van der Waals surface area (Å²) in [6.07, 6.45) is 0.462. The highest BCUT2D eigenvalue weighted by Crippen LogP contribution is 1.89. The van der Waals surface area contributed by atoms with Crippen LogP contribution in [0.25, 0.3) is 0 Å². The van der Waals surface area contributed by atoms with Gasteiger partial charge in [-0.15, -0.1) is 11.6 Å². The summed E-state index contributed by atoms with van der Waals surface area (Å²) in [6.45, 7) is 1.72. The molecule has 1 atom stereocenters. The highest BCUT2D eigenvalue weighted by atomic mass is 35.5. The van der Waals surface area contributed by atoms with Gasteiger partial charge >= 0.3 is 0 Å². The smallest absolute Gasteiger partial charge is 0.0523 e. The van der Waals surface area contributed by atoms with E-state index in [0.29, 0.717) is 12.3 Å². The van der Waals surface area contributed by atoms with Gasteiger partial charge in [0.15, 0.2) is 0 Å². The summed E-state index contributed by atoms with van der Waals surface area (Å²) in [5.41, 5.74) is 0. The van der Waals surface area contributed by atoms with E-state index in [-0.39, 0.29) is 6.10 Å². The van der Waals surface area contributed by atoms with E-state index in [0.717, 1.165) is 0 Å². The maximum absolute atomic E-state index is 8.47. The Morgan fingerprint density at radius 3 is 2.33 bits per heavy atom. The monoisotopic (exact) mass is 108 g/mol. The first-order valence-electron chi connectivity index (χ1n) is 2.01. The van der Waals surface area contributed by atoms with E-state index in [1.165, 1.54) is 0 Å². The van der Waals surface area contributed by atoms with Crippen molar-refractivity contribution in [2.45, 2.75) is 19.4 Å². The molecule has 0 aliphatic heterocycles. The first kappa shape index (κ1) is 6.25. The van der Waals surface area contributed by atoms with Gasteiger partial charge in [-0.2, -0.15) is 0 Å². The summed E-state index contributed by atoms with van der Waals surface area (Å²) in [4.78, 5) is 0. The molecule has 0 amide bonds. The summed E-state index contributed by atoms with van der Waals surface area (Å²) >= 11 is 5.24. The van der Waals surface area contributed by atoms with Crippen LogP contribution in [0.1, 0.15) is 13.3 Å². The van der Waals surface area contributed by atoms with Crippen LogP contribution in [0, 0.1) is 0 Å². The average molecular weight is 109 g/mol. The van der Waals surface area contributed by atoms with Gasteiger partial charge in [-0.1, -0.05) is 0 Å². The minimum absolute atomic E-state index is 0.234. The van der Waals surface area contributed by atoms with Crippen molar-refractivity contribution in [2.75, 3.05) is 5.88 Å². The molecule has 1 nitrogen and oxygen atoms in total. The van der Waals surface area contributed by atoms with Crippen molar-refractivity contribution in [3.63, 3.8) is 0 Å². The summed E-state index contributed by atoms with van der Waals surface area (Å²) in [6, 6.07) is 0. The zero-order chi connectivity index (χ0) is 4.99. The molecule has 0 aromatic carbocycles. The van der Waals surface area contributed by atoms with E-state index in [2.05, 4.69) is 0 Å². The summed E-state index contributed by atoms with van der Waals surface area (Å²) < 4.78 is 0. The number of aliphatic hydroxyl groups is 1. The van der Waals surface area contributed by atoms with Crippen LogP contribution in [0.4, 0.5) is 0 Å². The highest BCUT2D eigenvalue weighted by Gasteiger charge is 1.88. The molecule has 0 saturated heterocycles. The molecule has 1 N–H and O–H groups in total. The van der Waals surface area contributed by atoms with Crippen LogP contribution in [0.2, 0.25) is 0 Å². The SMILES string of the molecule is C[C@@H](O)CCCl. The van der Waals surface area contributed by atoms with Crippen LogP contribution in [0.15, 0.2) is 0 Å². The predicted octanol–water partition coefficient (Wildman–Crippen LogP) is 0.996. The quantitative estimate of drug-likeness (QED) is 0.524. The molecule has 0 bridgehead atoms. The molecule has 0 aromatic rings. The molecule has 0 spiro atoms. The lowest BCUT2D eigenvalue weighted by molar-refractivity contribution is 0.192. The fourth-order valence-corrected chi connectivity index (χ4v) is 0.474. The Morgan fingerprint density at radius 2 is 2.33 bits per heavy atom. The maximum Gasteiger partial charge on any atom is 0.0523 e. The number of hydrogen-bond donors (Lipinski definition) is 1. The van der Waals surface area contributed by atoms with Gasteiger partial charge in [-0.3, -0.25) is 0 Å². The normalized spacial score (nSPS) is 14.5. The third kappa shape index (κ3) is 4.25. The van der Waals surface area contributed by atoms with E-state index in [9.17, 15) is 0 Å². The van der Waals surface area contributed by atoms with Gasteiger partial charge in [0, 0.05) is 5.88 Å². The minimum Gasteiger partial charge on any atom is -0.393 e. The number of alkyl halides is 1. The van der Waals surface area contributed by atoms with Crippen LogP contribution in [0.3, 0.4) is 0 Å². The van der Waals surface area contributed by atoms with E-state index < -0.39 is 0 Å². The van der Waals surface area contributed by atoms with Crippen LogP contribution < -0.4 is 0 Å². The predicted molar refractivity (Wildman–Crippen MR) is 27.0 cm³/mol. The van der Waals surface area contributed by atoms with Crippen molar-refractivity contribution < 1.29 is 5.11 Å². The average Bonchev–Trinajstić information content (AvgIpc) is 1.35. The lowest BCUT2D eigenvalue weighted by Gasteiger charge is -1.94. The van der Waals surface area contributed by atoms with Gasteiger partial charge in [0.1, 0.15) is 0 Å². The summed E-state index contributed by atoms with van der Waals surface area (Å²) in [5.74, 6) is 0.553. The van der Waals surface area contributed by atoms with E-state index in [1.807, 2.05) is 0 Å². The molecule has 0 unspecified atom stereocenters. The number of halogens is 1. The van der Waals surface area contributed by atoms with Gasteiger partial charge in [0.2, 0.25) is 0 Å². The first-order chi connectivity index (χ1) is 2.77. The first-order valence-corrected chi connectivity index (χ1v) is 2.55. The Hall–Kier alpha value is 0.250. The fraction of sp³-hybridized carbons (Fsp3) is 1.00. The van der Waals surface area contributed by atoms with Crippen LogP contribution in [-0.4, -0.2) is 17.1 Å². The third-order valence-corrected chi connectivity index (χ3v) is 0.745. The fourth-order valence-electron chi connectivity index (χ4n) is 0.158. The van der Waals surface area contributed by atoms with Gasteiger partial charge in [-0.05, 0) is 13.3 Å². The molecule has 0 aliphatic rings. The third-order valence-electron chi connectivity index (χ3n) is 0.527. The Balaban J connectivity index is 2.63. The molecule has 6 heavy (non-hydrogen) atoms. The topological polar surface area (TPSA) is 20.2 Å². The van der Waals surface area contributed by atoms with Crippen molar-refractivity contribution >= 4 is 11.6 Å². The van der Waals surface area contributed by atoms with Crippen molar-refractivity contribution in [3.8, 4) is 0 Å². The van der Waals surface area contributed by atoms with E-state index in [1.54, 1.807) is 6.92 Å². The molecule has 38 valence electrons. The molecule has 0 radical (unpaired) electrons. The molecule has 0 heterocycles. The molecule has 0 aliphatic carbocycles. The highest BCUT2D eigenvalue weighted by molar-refractivity contribution is 6.17. The second-order valence-electron chi connectivity index (χ2n) is 1.33. The molecular formula is C4H9ClO. The van der Waals surface area contributed by atoms with Crippen molar-refractivity contribution in [2.24, 2.45) is 0 Å². The molecule has 0 rings (SSSR count). The Labute approximate surface area is 42.9 Å². The molecular weight excluding hydrogens is 99.5 g/mol. The zero-order valence-corrected chi connectivity index (χ0v) is 4.57. The van der Waals surface area contributed by atoms with Gasteiger partial charge in [-0.25, -0.2) is 0 Å². The Kier molecular flexibility index (Phi) is 3.58. The van der Waals surface area contributed by atoms with Crippen LogP contribution in [0.5, 0.6) is 0 Å². The lowest BCUT2D eigenvalue weighted by Crippen LogP contribution is -1.98. The van der Waals surface area contributed by atoms with E-state index in [4.69, 9.17) is 16.7 Å². The summed E-state index contributed by atoms with van der Waals surface area (Å²) in [7, 11) is 0. The molecule has 2 heteroatoms. The van der Waals surface area contributed by atoms with Crippen molar-refractivity contribution in [1.29, 1.82) is 0 Å².